The van der Waals surface area contributed by atoms with Crippen molar-refractivity contribution in [1.29, 1.82) is 0 Å². The van der Waals surface area contributed by atoms with E-state index in [1.165, 1.54) is 11.8 Å². The van der Waals surface area contributed by atoms with Crippen molar-refractivity contribution in [2.24, 2.45) is 0 Å². The van der Waals surface area contributed by atoms with E-state index in [0.29, 0.717) is 16.8 Å². The molecule has 0 aromatic carbocycles. The molecule has 0 fully saturated rings. The van der Waals surface area contributed by atoms with Gasteiger partial charge < -0.3 is 8.92 Å². The summed E-state index contributed by atoms with van der Waals surface area (Å²) >= 11 is 0. The summed E-state index contributed by atoms with van der Waals surface area (Å²) in [5, 5.41) is 0. The van der Waals surface area contributed by atoms with Gasteiger partial charge in [-0.15, -0.1) is 0 Å². The molecular weight excluding hydrogens is 389 g/mol. The molecule has 2 heterocycles. The molecule has 1 aliphatic rings. The normalized spacial score (nSPS) is 17.7. The number of pyridine rings is 1. The number of halogens is 3. The number of ether oxygens (including phenoxy) is 1. The van der Waals surface area contributed by atoms with Gasteiger partial charge in [-0.25, -0.2) is 9.78 Å². The third-order valence-electron chi connectivity index (χ3n) is 4.11. The van der Waals surface area contributed by atoms with Crippen molar-refractivity contribution < 1.29 is 35.3 Å². The van der Waals surface area contributed by atoms with Gasteiger partial charge in [-0.2, -0.15) is 21.6 Å². The smallest absolute Gasteiger partial charge is 0.444 e. The van der Waals surface area contributed by atoms with Crippen molar-refractivity contribution in [2.45, 2.75) is 65.2 Å². The molecule has 2 rings (SSSR count). The monoisotopic (exact) mass is 410 g/mol. The molecule has 0 saturated carbocycles. The van der Waals surface area contributed by atoms with E-state index in [2.05, 4.69) is 9.17 Å². The molecular formula is C16H21F3N2O5S. The van der Waals surface area contributed by atoms with Gasteiger partial charge in [0.1, 0.15) is 5.60 Å². The molecule has 1 aromatic rings. The van der Waals surface area contributed by atoms with E-state index in [0.717, 1.165) is 0 Å². The number of alkyl halides is 3. The Morgan fingerprint density at radius 2 is 1.78 bits per heavy atom. The summed E-state index contributed by atoms with van der Waals surface area (Å²) in [6.07, 6.45) is -0.673. The molecule has 0 saturated heterocycles. The third kappa shape index (κ3) is 4.12. The maximum absolute atomic E-state index is 12.7. The molecule has 0 spiro atoms. The summed E-state index contributed by atoms with van der Waals surface area (Å²) in [6, 6.07) is -0.549. The Labute approximate surface area is 155 Å². The van der Waals surface area contributed by atoms with Crippen molar-refractivity contribution in [3.63, 3.8) is 0 Å². The maximum atomic E-state index is 12.7. The zero-order chi connectivity index (χ0) is 20.9. The van der Waals surface area contributed by atoms with Crippen LogP contribution < -0.4 is 4.18 Å². The number of fused-ring (bicyclic) bond motifs is 1. The number of amides is 1. The number of aromatic nitrogens is 1. The molecule has 1 aromatic heterocycles. The lowest BCUT2D eigenvalue weighted by atomic mass is 10.00. The summed E-state index contributed by atoms with van der Waals surface area (Å²) in [7, 11) is -5.88. The minimum absolute atomic E-state index is 0.115. The molecule has 1 aliphatic heterocycles. The lowest BCUT2D eigenvalue weighted by Crippen LogP contribution is -2.35. The molecule has 1 unspecified atom stereocenters. The maximum Gasteiger partial charge on any atom is 0.534 e. The van der Waals surface area contributed by atoms with Gasteiger partial charge in [0.2, 0.25) is 5.88 Å². The van der Waals surface area contributed by atoms with Crippen LogP contribution in [-0.2, 0) is 21.4 Å². The van der Waals surface area contributed by atoms with Gasteiger partial charge >= 0.3 is 21.7 Å². The van der Waals surface area contributed by atoms with E-state index in [1.54, 1.807) is 34.6 Å². The minimum atomic E-state index is -5.88. The molecule has 1 amide bonds. The number of rotatable bonds is 2. The molecule has 7 nitrogen and oxygen atoms in total. The zero-order valence-corrected chi connectivity index (χ0v) is 16.6. The molecule has 0 radical (unpaired) electrons. The van der Waals surface area contributed by atoms with Gasteiger partial charge in [0.15, 0.2) is 0 Å². The fourth-order valence-corrected chi connectivity index (χ4v) is 3.22. The van der Waals surface area contributed by atoms with Gasteiger partial charge in [0, 0.05) is 11.3 Å². The second kappa shape index (κ2) is 6.54. The van der Waals surface area contributed by atoms with Gasteiger partial charge in [-0.1, -0.05) is 0 Å². The summed E-state index contributed by atoms with van der Waals surface area (Å²) in [6.45, 7) is 9.75. The zero-order valence-electron chi connectivity index (χ0n) is 15.8. The first-order valence-corrected chi connectivity index (χ1v) is 9.46. The van der Waals surface area contributed by atoms with Crippen molar-refractivity contribution in [3.8, 4) is 5.88 Å². The molecule has 0 N–H and O–H groups in total. The average molecular weight is 410 g/mol. The number of carbonyl (C=O) groups is 1. The minimum Gasteiger partial charge on any atom is -0.444 e. The first kappa shape index (κ1) is 21.3. The Kier molecular flexibility index (Phi) is 5.15. The highest BCUT2D eigenvalue weighted by atomic mass is 32.2. The lowest BCUT2D eigenvalue weighted by Gasteiger charge is -2.27. The number of nitrogens with zero attached hydrogens (tertiary/aromatic N) is 2. The Morgan fingerprint density at radius 1 is 1.22 bits per heavy atom. The van der Waals surface area contributed by atoms with Crippen molar-refractivity contribution in [2.75, 3.05) is 0 Å². The molecule has 152 valence electrons. The Morgan fingerprint density at radius 3 is 2.26 bits per heavy atom. The van der Waals surface area contributed by atoms with Crippen molar-refractivity contribution >= 4 is 16.2 Å². The van der Waals surface area contributed by atoms with E-state index in [4.69, 9.17) is 4.74 Å². The van der Waals surface area contributed by atoms with Crippen LogP contribution in [0.3, 0.4) is 0 Å². The van der Waals surface area contributed by atoms with Gasteiger partial charge in [0.25, 0.3) is 0 Å². The molecule has 1 atom stereocenters. The van der Waals surface area contributed by atoms with Crippen LogP contribution in [0.1, 0.15) is 56.1 Å². The van der Waals surface area contributed by atoms with Crippen LogP contribution in [0.2, 0.25) is 0 Å². The van der Waals surface area contributed by atoms with Crippen LogP contribution in [0.4, 0.5) is 18.0 Å². The third-order valence-corrected chi connectivity index (χ3v) is 5.06. The van der Waals surface area contributed by atoms with Crippen LogP contribution in [0, 0.1) is 13.8 Å². The SMILES string of the molecule is Cc1nc(OS(=O)(=O)C(F)(F)F)c2c(c1C)C(C)N(C(=O)OC(C)(C)C)C2. The van der Waals surface area contributed by atoms with Crippen molar-refractivity contribution in [1.82, 2.24) is 9.88 Å². The standard InChI is InChI=1S/C16H21F3N2O5S/c1-8-9(2)20-13(26-27(23,24)16(17,18)19)11-7-21(10(3)12(8)11)14(22)25-15(4,5)6/h10H,7H2,1-6H3. The summed E-state index contributed by atoms with van der Waals surface area (Å²) < 4.78 is 70.5. The first-order valence-electron chi connectivity index (χ1n) is 8.05. The summed E-state index contributed by atoms with van der Waals surface area (Å²) in [4.78, 5) is 17.6. The van der Waals surface area contributed by atoms with Gasteiger partial charge in [-0.05, 0) is 52.7 Å². The van der Waals surface area contributed by atoms with Crippen LogP contribution in [0.15, 0.2) is 0 Å². The van der Waals surface area contributed by atoms with Crippen LogP contribution in [0.25, 0.3) is 0 Å². The number of hydrogen-bond donors (Lipinski definition) is 0. The average Bonchev–Trinajstić information content (AvgIpc) is 2.79. The molecule has 0 aliphatic carbocycles. The first-order chi connectivity index (χ1) is 12.0. The van der Waals surface area contributed by atoms with Crippen LogP contribution in [-0.4, -0.2) is 35.5 Å². The number of aryl methyl sites for hydroxylation is 1. The summed E-state index contributed by atoms with van der Waals surface area (Å²) in [5.41, 5.74) is -4.80. The Balaban J connectivity index is 2.49. The second-order valence-electron chi connectivity index (χ2n) is 7.29. The van der Waals surface area contributed by atoms with E-state index in [-0.39, 0.29) is 12.1 Å². The number of carbonyl (C=O) groups excluding carboxylic acids is 1. The largest absolute Gasteiger partial charge is 0.534 e. The molecule has 11 heteroatoms. The summed E-state index contributed by atoms with van der Waals surface area (Å²) in [5.74, 6) is -0.677. The van der Waals surface area contributed by atoms with E-state index in [9.17, 15) is 26.4 Å². The van der Waals surface area contributed by atoms with E-state index < -0.39 is 39.2 Å². The van der Waals surface area contributed by atoms with Gasteiger partial charge in [0.05, 0.1) is 12.6 Å². The fraction of sp³-hybridized carbons (Fsp3) is 0.625. The lowest BCUT2D eigenvalue weighted by molar-refractivity contribution is -0.0501. The Bertz CT molecular complexity index is 876. The van der Waals surface area contributed by atoms with E-state index >= 15 is 0 Å². The topological polar surface area (TPSA) is 85.8 Å². The van der Waals surface area contributed by atoms with Gasteiger partial charge in [-0.3, -0.25) is 4.90 Å². The fourth-order valence-electron chi connectivity index (χ4n) is 2.78. The van der Waals surface area contributed by atoms with Crippen molar-refractivity contribution in [3.05, 3.63) is 22.4 Å². The van der Waals surface area contributed by atoms with Crippen LogP contribution >= 0.6 is 0 Å². The quantitative estimate of drug-likeness (QED) is 0.545. The molecule has 27 heavy (non-hydrogen) atoms. The predicted octanol–water partition coefficient (Wildman–Crippen LogP) is 3.74. The highest BCUT2D eigenvalue weighted by molar-refractivity contribution is 7.87. The second-order valence-corrected chi connectivity index (χ2v) is 8.82. The van der Waals surface area contributed by atoms with Crippen LogP contribution in [0.5, 0.6) is 5.88 Å². The number of hydrogen-bond acceptors (Lipinski definition) is 6. The highest BCUT2D eigenvalue weighted by Crippen LogP contribution is 2.42. The highest BCUT2D eigenvalue weighted by Gasteiger charge is 2.50. The molecule has 0 bridgehead atoms. The predicted molar refractivity (Wildman–Crippen MR) is 89.5 cm³/mol. The van der Waals surface area contributed by atoms with E-state index in [1.807, 2.05) is 0 Å². The Hall–Kier alpha value is -2.04.